The molecule has 1 heteroatoms. The lowest BCUT2D eigenvalue weighted by atomic mass is 9.55. The minimum Gasteiger partial charge on any atom is -0.310 e. The van der Waals surface area contributed by atoms with Crippen LogP contribution in [-0.2, 0) is 10.8 Å². The molecule has 1 aliphatic carbocycles. The molecule has 0 saturated heterocycles. The summed E-state index contributed by atoms with van der Waals surface area (Å²) < 4.78 is 0. The summed E-state index contributed by atoms with van der Waals surface area (Å²) in [6.07, 6.45) is 0. The quantitative estimate of drug-likeness (QED) is 0.248. The second-order valence-electron chi connectivity index (χ2n) is 11.1. The van der Waals surface area contributed by atoms with E-state index in [0.29, 0.717) is 0 Å². The second-order valence-corrected chi connectivity index (χ2v) is 11.1. The van der Waals surface area contributed by atoms with Crippen molar-refractivity contribution in [1.29, 1.82) is 0 Å². The third kappa shape index (κ3) is 3.78. The van der Waals surface area contributed by atoms with E-state index in [-0.39, 0.29) is 10.8 Å². The molecular weight excluding hydrogens is 446 g/mol. The molecule has 0 N–H and O–H groups in total. The zero-order valence-corrected chi connectivity index (χ0v) is 22.1. The molecule has 0 saturated carbocycles. The Morgan fingerprint density at radius 3 is 1.57 bits per heavy atom. The van der Waals surface area contributed by atoms with Gasteiger partial charge in [0.1, 0.15) is 0 Å². The lowest BCUT2D eigenvalue weighted by Crippen LogP contribution is -2.43. The lowest BCUT2D eigenvalue weighted by molar-refractivity contribution is 0.299. The van der Waals surface area contributed by atoms with Gasteiger partial charge in [-0.1, -0.05) is 113 Å². The molecule has 0 amide bonds. The fraction of sp³-hybridized carbons (Fsp3) is 0.167. The van der Waals surface area contributed by atoms with Gasteiger partial charge in [0.15, 0.2) is 0 Å². The van der Waals surface area contributed by atoms with Crippen LogP contribution in [0.4, 0.5) is 17.1 Å². The molecule has 0 atom stereocenters. The normalized spacial score (nSPS) is 14.9. The van der Waals surface area contributed by atoms with E-state index in [9.17, 15) is 0 Å². The van der Waals surface area contributed by atoms with E-state index in [1.165, 1.54) is 33.4 Å². The molecule has 6 rings (SSSR count). The van der Waals surface area contributed by atoms with Crippen LogP contribution in [0, 0.1) is 0 Å². The third-order valence-corrected chi connectivity index (χ3v) is 8.61. The van der Waals surface area contributed by atoms with Crippen LogP contribution >= 0.6 is 0 Å². The van der Waals surface area contributed by atoms with Crippen LogP contribution in [0.2, 0.25) is 0 Å². The van der Waals surface area contributed by atoms with Gasteiger partial charge >= 0.3 is 0 Å². The Morgan fingerprint density at radius 2 is 0.919 bits per heavy atom. The molecule has 0 aliphatic heterocycles. The van der Waals surface area contributed by atoms with Gasteiger partial charge in [-0.05, 0) is 86.7 Å². The minimum absolute atomic E-state index is 0.0223. The first-order valence-electron chi connectivity index (χ1n) is 13.1. The van der Waals surface area contributed by atoms with Gasteiger partial charge in [-0.15, -0.1) is 0 Å². The van der Waals surface area contributed by atoms with Crippen molar-refractivity contribution in [3.05, 3.63) is 139 Å². The fourth-order valence-corrected chi connectivity index (χ4v) is 5.85. The number of hydrogen-bond donors (Lipinski definition) is 0. The van der Waals surface area contributed by atoms with E-state index >= 15 is 0 Å². The molecule has 5 aromatic rings. The Hall–Kier alpha value is -4.10. The molecule has 1 aliphatic rings. The maximum Gasteiger partial charge on any atom is 0.0467 e. The van der Waals surface area contributed by atoms with Gasteiger partial charge in [0.05, 0.1) is 0 Å². The number of para-hydroxylation sites is 2. The second kappa shape index (κ2) is 8.78. The summed E-state index contributed by atoms with van der Waals surface area (Å²) >= 11 is 0. The van der Waals surface area contributed by atoms with Crippen molar-refractivity contribution >= 4 is 17.1 Å². The van der Waals surface area contributed by atoms with Crippen LogP contribution in [-0.4, -0.2) is 0 Å². The van der Waals surface area contributed by atoms with Gasteiger partial charge in [0.2, 0.25) is 0 Å². The van der Waals surface area contributed by atoms with Crippen LogP contribution in [0.3, 0.4) is 0 Å². The lowest BCUT2D eigenvalue weighted by Gasteiger charge is -2.48. The summed E-state index contributed by atoms with van der Waals surface area (Å²) in [5, 5.41) is 0. The zero-order valence-electron chi connectivity index (χ0n) is 22.1. The number of rotatable bonds is 4. The highest BCUT2D eigenvalue weighted by atomic mass is 15.1. The fourth-order valence-electron chi connectivity index (χ4n) is 5.85. The van der Waals surface area contributed by atoms with Crippen molar-refractivity contribution in [2.24, 2.45) is 0 Å². The molecule has 0 unspecified atom stereocenters. The number of fused-ring (bicyclic) bond motifs is 3. The summed E-state index contributed by atoms with van der Waals surface area (Å²) in [6.45, 7) is 9.54. The number of hydrogen-bond acceptors (Lipinski definition) is 1. The van der Waals surface area contributed by atoms with E-state index in [2.05, 4.69) is 160 Å². The molecule has 0 aromatic heterocycles. The van der Waals surface area contributed by atoms with Crippen LogP contribution in [0.15, 0.2) is 127 Å². The van der Waals surface area contributed by atoms with Crippen LogP contribution in [0.25, 0.3) is 22.3 Å². The number of anilines is 3. The highest BCUT2D eigenvalue weighted by Crippen LogP contribution is 2.54. The van der Waals surface area contributed by atoms with Gasteiger partial charge in [-0.2, -0.15) is 0 Å². The van der Waals surface area contributed by atoms with Crippen molar-refractivity contribution < 1.29 is 0 Å². The Balaban J connectivity index is 1.49. The average Bonchev–Trinajstić information content (AvgIpc) is 2.93. The third-order valence-electron chi connectivity index (χ3n) is 8.61. The monoisotopic (exact) mass is 479 g/mol. The molecule has 0 radical (unpaired) electrons. The Bertz CT molecular complexity index is 1520. The first-order valence-corrected chi connectivity index (χ1v) is 13.1. The van der Waals surface area contributed by atoms with E-state index < -0.39 is 0 Å². The van der Waals surface area contributed by atoms with Crippen LogP contribution in [0.1, 0.15) is 38.8 Å². The predicted octanol–water partition coefficient (Wildman–Crippen LogP) is 10.1. The molecule has 0 fully saturated rings. The van der Waals surface area contributed by atoms with Crippen molar-refractivity contribution in [2.75, 3.05) is 4.90 Å². The largest absolute Gasteiger partial charge is 0.310 e. The van der Waals surface area contributed by atoms with Crippen molar-refractivity contribution in [3.63, 3.8) is 0 Å². The van der Waals surface area contributed by atoms with Crippen LogP contribution in [0.5, 0.6) is 0 Å². The molecular formula is C36H33N. The van der Waals surface area contributed by atoms with Crippen molar-refractivity contribution in [2.45, 2.75) is 38.5 Å². The van der Waals surface area contributed by atoms with E-state index in [0.717, 1.165) is 17.1 Å². The molecule has 5 aromatic carbocycles. The molecule has 37 heavy (non-hydrogen) atoms. The SMILES string of the molecule is CC1(C)c2ccccc2-c2cc(-c3cccc(N(c4ccccc4)c4ccccc4)c3)ccc2C1(C)C. The van der Waals surface area contributed by atoms with E-state index in [4.69, 9.17) is 0 Å². The molecule has 0 spiro atoms. The smallest absolute Gasteiger partial charge is 0.0467 e. The number of benzene rings is 5. The van der Waals surface area contributed by atoms with Gasteiger partial charge in [-0.3, -0.25) is 0 Å². The first kappa shape index (κ1) is 23.3. The molecule has 182 valence electrons. The zero-order chi connectivity index (χ0) is 25.6. The predicted molar refractivity (Wildman–Crippen MR) is 158 cm³/mol. The van der Waals surface area contributed by atoms with E-state index in [1.807, 2.05) is 0 Å². The Labute approximate surface area is 221 Å². The molecule has 0 heterocycles. The highest BCUT2D eigenvalue weighted by Gasteiger charge is 2.45. The summed E-state index contributed by atoms with van der Waals surface area (Å²) in [6, 6.07) is 46.1. The summed E-state index contributed by atoms with van der Waals surface area (Å²) in [4.78, 5) is 2.32. The first-order chi connectivity index (χ1) is 17.9. The average molecular weight is 480 g/mol. The Morgan fingerprint density at radius 1 is 0.405 bits per heavy atom. The standard InChI is InChI=1S/C36H33N/c1-35(2)33-21-12-11-20-31(33)32-25-27(22-23-34(32)36(35,3)4)26-14-13-19-30(24-26)37(28-15-7-5-8-16-28)29-17-9-6-10-18-29/h5-25H,1-4H3. The van der Waals surface area contributed by atoms with Crippen molar-refractivity contribution in [3.8, 4) is 22.3 Å². The summed E-state index contributed by atoms with van der Waals surface area (Å²) in [7, 11) is 0. The Kier molecular flexibility index (Phi) is 5.53. The van der Waals surface area contributed by atoms with Gasteiger partial charge in [-0.25, -0.2) is 0 Å². The summed E-state index contributed by atoms with van der Waals surface area (Å²) in [5.74, 6) is 0. The van der Waals surface area contributed by atoms with Gasteiger partial charge in [0, 0.05) is 17.1 Å². The highest BCUT2D eigenvalue weighted by molar-refractivity contribution is 5.84. The van der Waals surface area contributed by atoms with Crippen LogP contribution < -0.4 is 4.90 Å². The minimum atomic E-state index is 0.0223. The maximum absolute atomic E-state index is 2.40. The topological polar surface area (TPSA) is 3.24 Å². The molecule has 1 nitrogen and oxygen atoms in total. The van der Waals surface area contributed by atoms with E-state index in [1.54, 1.807) is 0 Å². The van der Waals surface area contributed by atoms with Gasteiger partial charge < -0.3 is 4.90 Å². The van der Waals surface area contributed by atoms with Gasteiger partial charge in [0.25, 0.3) is 0 Å². The maximum atomic E-state index is 2.40. The summed E-state index contributed by atoms with van der Waals surface area (Å²) in [5.41, 5.74) is 11.5. The van der Waals surface area contributed by atoms with Crippen molar-refractivity contribution in [1.82, 2.24) is 0 Å². The number of nitrogens with zero attached hydrogens (tertiary/aromatic N) is 1. The molecule has 0 bridgehead atoms.